The van der Waals surface area contributed by atoms with Gasteiger partial charge in [-0.15, -0.1) is 0 Å². The van der Waals surface area contributed by atoms with Crippen LogP contribution in [-0.4, -0.2) is 23.7 Å². The summed E-state index contributed by atoms with van der Waals surface area (Å²) in [5.41, 5.74) is 3.07. The van der Waals surface area contributed by atoms with Crippen LogP contribution in [0.4, 0.5) is 5.69 Å². The molecule has 4 heteroatoms. The van der Waals surface area contributed by atoms with Crippen molar-refractivity contribution in [3.63, 3.8) is 0 Å². The van der Waals surface area contributed by atoms with Gasteiger partial charge >= 0.3 is 0 Å². The molecule has 0 bridgehead atoms. The van der Waals surface area contributed by atoms with Gasteiger partial charge < -0.3 is 15.7 Å². The van der Waals surface area contributed by atoms with Crippen molar-refractivity contribution in [1.82, 2.24) is 5.32 Å². The third-order valence-corrected chi connectivity index (χ3v) is 3.79. The Morgan fingerprint density at radius 1 is 1.19 bits per heavy atom. The van der Waals surface area contributed by atoms with E-state index in [-0.39, 0.29) is 24.6 Å². The van der Waals surface area contributed by atoms with Gasteiger partial charge in [-0.25, -0.2) is 0 Å². The number of anilines is 1. The Hall–Kier alpha value is -2.33. The van der Waals surface area contributed by atoms with Crippen LogP contribution < -0.4 is 10.6 Å². The van der Waals surface area contributed by atoms with Crippen LogP contribution in [0.5, 0.6) is 0 Å². The average Bonchev–Trinajstić information content (AvgIpc) is 2.97. The maximum atomic E-state index is 12.4. The highest BCUT2D eigenvalue weighted by Gasteiger charge is 2.27. The van der Waals surface area contributed by atoms with Crippen LogP contribution in [-0.2, 0) is 11.2 Å². The van der Waals surface area contributed by atoms with Crippen molar-refractivity contribution in [3.05, 3.63) is 65.7 Å². The molecule has 0 saturated heterocycles. The van der Waals surface area contributed by atoms with E-state index in [0.29, 0.717) is 6.42 Å². The van der Waals surface area contributed by atoms with Crippen molar-refractivity contribution in [2.24, 2.45) is 0 Å². The fourth-order valence-electron chi connectivity index (χ4n) is 2.65. The molecule has 0 saturated carbocycles. The molecule has 2 aromatic rings. The number of aliphatic hydroxyl groups is 1. The normalized spacial score (nSPS) is 17.7. The molecule has 108 valence electrons. The van der Waals surface area contributed by atoms with Crippen LogP contribution in [0.25, 0.3) is 0 Å². The molecule has 1 heterocycles. The highest BCUT2D eigenvalue weighted by molar-refractivity contribution is 5.87. The Morgan fingerprint density at radius 3 is 2.62 bits per heavy atom. The zero-order valence-electron chi connectivity index (χ0n) is 11.6. The summed E-state index contributed by atoms with van der Waals surface area (Å²) in [4.78, 5) is 12.4. The van der Waals surface area contributed by atoms with Crippen LogP contribution in [0.2, 0.25) is 0 Å². The number of benzene rings is 2. The van der Waals surface area contributed by atoms with E-state index in [2.05, 4.69) is 10.6 Å². The molecule has 0 spiro atoms. The molecule has 2 atom stereocenters. The van der Waals surface area contributed by atoms with Crippen LogP contribution in [0.3, 0.4) is 0 Å². The average molecular weight is 282 g/mol. The Balaban J connectivity index is 1.67. The van der Waals surface area contributed by atoms with Crippen LogP contribution in [0.1, 0.15) is 17.2 Å². The number of amides is 1. The first-order valence-corrected chi connectivity index (χ1v) is 7.08. The molecule has 0 radical (unpaired) electrons. The molecule has 1 aliphatic heterocycles. The van der Waals surface area contributed by atoms with E-state index in [1.807, 2.05) is 54.6 Å². The van der Waals surface area contributed by atoms with E-state index in [1.54, 1.807) is 0 Å². The molecule has 21 heavy (non-hydrogen) atoms. The largest absolute Gasteiger partial charge is 0.394 e. The summed E-state index contributed by atoms with van der Waals surface area (Å²) in [5, 5.41) is 15.6. The first kappa shape index (κ1) is 13.6. The van der Waals surface area contributed by atoms with Crippen molar-refractivity contribution in [2.75, 3.05) is 11.9 Å². The number of rotatable bonds is 4. The lowest BCUT2D eigenvalue weighted by atomic mass is 10.1. The van der Waals surface area contributed by atoms with Gasteiger partial charge in [0.05, 0.1) is 12.6 Å². The van der Waals surface area contributed by atoms with Gasteiger partial charge in [0.2, 0.25) is 5.91 Å². The standard InChI is InChI=1S/C17H18N2O2/c20-11-16(12-6-2-1-3-7-12)19-17(21)15-10-13-8-4-5-9-14(13)18-15/h1-9,15-16,18,20H,10-11H2,(H,19,21)/t15?,16-/m0/s1. The van der Waals surface area contributed by atoms with E-state index in [4.69, 9.17) is 0 Å². The van der Waals surface area contributed by atoms with E-state index in [9.17, 15) is 9.90 Å². The molecule has 0 fully saturated rings. The molecule has 2 aromatic carbocycles. The lowest BCUT2D eigenvalue weighted by Gasteiger charge is -2.19. The number of hydrogen-bond donors (Lipinski definition) is 3. The number of carbonyl (C=O) groups excluding carboxylic acids is 1. The van der Waals surface area contributed by atoms with E-state index < -0.39 is 0 Å². The summed E-state index contributed by atoms with van der Waals surface area (Å²) < 4.78 is 0. The molecule has 1 unspecified atom stereocenters. The second kappa shape index (κ2) is 5.97. The monoisotopic (exact) mass is 282 g/mol. The predicted octanol–water partition coefficient (Wildman–Crippen LogP) is 1.87. The van der Waals surface area contributed by atoms with Gasteiger partial charge in [-0.2, -0.15) is 0 Å². The van der Waals surface area contributed by atoms with E-state index >= 15 is 0 Å². The van der Waals surface area contributed by atoms with Crippen molar-refractivity contribution in [2.45, 2.75) is 18.5 Å². The Bertz CT molecular complexity index is 603. The third kappa shape index (κ3) is 2.90. The quantitative estimate of drug-likeness (QED) is 0.802. The summed E-state index contributed by atoms with van der Waals surface area (Å²) in [6.07, 6.45) is 0.676. The lowest BCUT2D eigenvalue weighted by Crippen LogP contribution is -2.41. The highest BCUT2D eigenvalue weighted by Crippen LogP contribution is 2.25. The van der Waals surface area contributed by atoms with Crippen molar-refractivity contribution in [1.29, 1.82) is 0 Å². The van der Waals surface area contributed by atoms with Gasteiger partial charge in [-0.1, -0.05) is 48.5 Å². The number of aliphatic hydroxyl groups excluding tert-OH is 1. The smallest absolute Gasteiger partial charge is 0.243 e. The van der Waals surface area contributed by atoms with E-state index in [0.717, 1.165) is 16.8 Å². The van der Waals surface area contributed by atoms with Crippen LogP contribution >= 0.6 is 0 Å². The Labute approximate surface area is 123 Å². The minimum atomic E-state index is -0.371. The topological polar surface area (TPSA) is 61.4 Å². The molecular formula is C17H18N2O2. The number of nitrogens with one attached hydrogen (secondary N) is 2. The molecule has 0 aliphatic carbocycles. The molecule has 1 amide bonds. The van der Waals surface area contributed by atoms with Crippen molar-refractivity contribution < 1.29 is 9.90 Å². The van der Waals surface area contributed by atoms with Gasteiger partial charge in [0.25, 0.3) is 0 Å². The molecule has 4 nitrogen and oxygen atoms in total. The van der Waals surface area contributed by atoms with Crippen molar-refractivity contribution in [3.8, 4) is 0 Å². The fourth-order valence-corrected chi connectivity index (χ4v) is 2.65. The fraction of sp³-hybridized carbons (Fsp3) is 0.235. The Morgan fingerprint density at radius 2 is 1.90 bits per heavy atom. The summed E-state index contributed by atoms with van der Waals surface area (Å²) >= 11 is 0. The van der Waals surface area contributed by atoms with Gasteiger partial charge in [0, 0.05) is 12.1 Å². The van der Waals surface area contributed by atoms with Crippen molar-refractivity contribution >= 4 is 11.6 Å². The minimum Gasteiger partial charge on any atom is -0.394 e. The summed E-state index contributed by atoms with van der Waals surface area (Å²) in [5.74, 6) is -0.0888. The number of para-hydroxylation sites is 1. The van der Waals surface area contributed by atoms with Crippen LogP contribution in [0, 0.1) is 0 Å². The predicted molar refractivity (Wildman–Crippen MR) is 82.0 cm³/mol. The zero-order chi connectivity index (χ0) is 14.7. The minimum absolute atomic E-state index is 0.0888. The summed E-state index contributed by atoms with van der Waals surface area (Å²) in [7, 11) is 0. The second-order valence-corrected chi connectivity index (χ2v) is 5.21. The first-order chi connectivity index (χ1) is 10.3. The van der Waals surface area contributed by atoms with Gasteiger partial charge in [0.1, 0.15) is 6.04 Å². The molecule has 3 rings (SSSR count). The summed E-state index contributed by atoms with van der Waals surface area (Å²) in [6.45, 7) is -0.116. The lowest BCUT2D eigenvalue weighted by molar-refractivity contribution is -0.122. The first-order valence-electron chi connectivity index (χ1n) is 7.08. The second-order valence-electron chi connectivity index (χ2n) is 5.21. The zero-order valence-corrected chi connectivity index (χ0v) is 11.6. The van der Waals surface area contributed by atoms with E-state index in [1.165, 1.54) is 0 Å². The molecule has 3 N–H and O–H groups in total. The number of fused-ring (bicyclic) bond motifs is 1. The molecule has 1 aliphatic rings. The molecular weight excluding hydrogens is 264 g/mol. The number of carbonyl (C=O) groups is 1. The highest BCUT2D eigenvalue weighted by atomic mass is 16.3. The molecule has 0 aromatic heterocycles. The third-order valence-electron chi connectivity index (χ3n) is 3.79. The Kier molecular flexibility index (Phi) is 3.88. The number of hydrogen-bond acceptors (Lipinski definition) is 3. The van der Waals surface area contributed by atoms with Gasteiger partial charge in [-0.05, 0) is 17.2 Å². The van der Waals surface area contributed by atoms with Crippen LogP contribution in [0.15, 0.2) is 54.6 Å². The maximum Gasteiger partial charge on any atom is 0.243 e. The summed E-state index contributed by atoms with van der Waals surface area (Å²) in [6, 6.07) is 16.8. The maximum absolute atomic E-state index is 12.4. The SMILES string of the molecule is O=C(N[C@@H](CO)c1ccccc1)C1Cc2ccccc2N1. The van der Waals surface area contributed by atoms with Gasteiger partial charge in [0.15, 0.2) is 0 Å². The van der Waals surface area contributed by atoms with Gasteiger partial charge in [-0.3, -0.25) is 4.79 Å².